The summed E-state index contributed by atoms with van der Waals surface area (Å²) in [6.45, 7) is 0.731. The summed E-state index contributed by atoms with van der Waals surface area (Å²) >= 11 is 5.79. The molecule has 0 aliphatic heterocycles. The van der Waals surface area contributed by atoms with Crippen molar-refractivity contribution in [1.82, 2.24) is 5.32 Å². The number of halogens is 1. The predicted molar refractivity (Wildman–Crippen MR) is 61.4 cm³/mol. The molecule has 1 aromatic rings. The molecule has 3 nitrogen and oxygen atoms in total. The summed E-state index contributed by atoms with van der Waals surface area (Å²) in [5.41, 5.74) is 0.988. The van der Waals surface area contributed by atoms with Crippen LogP contribution in [0.1, 0.15) is 15.9 Å². The number of carboxylic acid groups (broad SMARTS) is 1. The lowest BCUT2D eigenvalue weighted by Crippen LogP contribution is -2.03. The van der Waals surface area contributed by atoms with Gasteiger partial charge >= 0.3 is 5.97 Å². The Labute approximate surface area is 93.4 Å². The average Bonchev–Trinajstić information content (AvgIpc) is 2.17. The van der Waals surface area contributed by atoms with Crippen molar-refractivity contribution in [3.05, 3.63) is 40.4 Å². The van der Waals surface area contributed by atoms with Gasteiger partial charge in [0.2, 0.25) is 0 Å². The zero-order valence-corrected chi connectivity index (χ0v) is 9.08. The molecule has 0 heterocycles. The molecule has 0 fully saturated rings. The minimum atomic E-state index is -0.972. The van der Waals surface area contributed by atoms with Crippen LogP contribution in [0.3, 0.4) is 0 Å². The number of carbonyl (C=O) groups is 1. The highest BCUT2D eigenvalue weighted by Gasteiger charge is 2.04. The quantitative estimate of drug-likeness (QED) is 0.827. The van der Waals surface area contributed by atoms with E-state index in [9.17, 15) is 4.79 Å². The molecule has 0 atom stereocenters. The van der Waals surface area contributed by atoms with E-state index in [1.807, 2.05) is 19.2 Å². The Kier molecular flexibility index (Phi) is 4.34. The molecule has 80 valence electrons. The van der Waals surface area contributed by atoms with Crippen molar-refractivity contribution in [3.8, 4) is 0 Å². The first-order chi connectivity index (χ1) is 7.13. The van der Waals surface area contributed by atoms with Crippen molar-refractivity contribution in [2.24, 2.45) is 0 Å². The van der Waals surface area contributed by atoms with Crippen molar-refractivity contribution >= 4 is 23.6 Å². The predicted octanol–water partition coefficient (Wildman–Crippen LogP) is 2.27. The van der Waals surface area contributed by atoms with Gasteiger partial charge in [-0.2, -0.15) is 0 Å². The molecule has 0 unspecified atom stereocenters. The van der Waals surface area contributed by atoms with Gasteiger partial charge in [-0.3, -0.25) is 0 Å². The number of hydrogen-bond acceptors (Lipinski definition) is 2. The monoisotopic (exact) mass is 225 g/mol. The van der Waals surface area contributed by atoms with Gasteiger partial charge in [-0.15, -0.1) is 0 Å². The van der Waals surface area contributed by atoms with Crippen LogP contribution in [0.15, 0.2) is 24.3 Å². The molecule has 2 N–H and O–H groups in total. The molecule has 0 amide bonds. The molecule has 0 radical (unpaired) electrons. The summed E-state index contributed by atoms with van der Waals surface area (Å²) in [6, 6.07) is 4.74. The Hall–Kier alpha value is -1.32. The van der Waals surface area contributed by atoms with Gasteiger partial charge in [-0.05, 0) is 30.8 Å². The average molecular weight is 226 g/mol. The lowest BCUT2D eigenvalue weighted by Gasteiger charge is -1.99. The first-order valence-electron chi connectivity index (χ1n) is 4.48. The van der Waals surface area contributed by atoms with E-state index >= 15 is 0 Å². The van der Waals surface area contributed by atoms with Gasteiger partial charge in [0.25, 0.3) is 0 Å². The van der Waals surface area contributed by atoms with E-state index in [1.165, 1.54) is 6.07 Å². The molecule has 1 rings (SSSR count). The Morgan fingerprint density at radius 3 is 2.87 bits per heavy atom. The molecule has 0 saturated carbocycles. The molecule has 0 bridgehead atoms. The minimum absolute atomic E-state index is 0.201. The summed E-state index contributed by atoms with van der Waals surface area (Å²) in [5.74, 6) is -0.972. The van der Waals surface area contributed by atoms with E-state index in [-0.39, 0.29) is 5.56 Å². The van der Waals surface area contributed by atoms with E-state index in [0.717, 1.165) is 12.1 Å². The number of benzene rings is 1. The molecular weight excluding hydrogens is 214 g/mol. The topological polar surface area (TPSA) is 49.3 Å². The maximum Gasteiger partial charge on any atom is 0.335 e. The first kappa shape index (κ1) is 11.8. The first-order valence-corrected chi connectivity index (χ1v) is 4.86. The Morgan fingerprint density at radius 1 is 1.53 bits per heavy atom. The lowest BCUT2D eigenvalue weighted by molar-refractivity contribution is 0.0697. The number of rotatable bonds is 4. The van der Waals surface area contributed by atoms with Crippen LogP contribution in [0.4, 0.5) is 0 Å². The molecule has 0 aliphatic rings. The van der Waals surface area contributed by atoms with Crippen LogP contribution in [0.25, 0.3) is 6.08 Å². The zero-order chi connectivity index (χ0) is 11.3. The number of hydrogen-bond donors (Lipinski definition) is 2. The van der Waals surface area contributed by atoms with Crippen LogP contribution in [0, 0.1) is 0 Å². The fourth-order valence-electron chi connectivity index (χ4n) is 1.14. The Bertz CT molecular complexity index is 388. The van der Waals surface area contributed by atoms with E-state index < -0.39 is 5.97 Å². The lowest BCUT2D eigenvalue weighted by atomic mass is 10.1. The minimum Gasteiger partial charge on any atom is -0.478 e. The van der Waals surface area contributed by atoms with E-state index in [2.05, 4.69) is 5.32 Å². The molecule has 0 aromatic heterocycles. The van der Waals surface area contributed by atoms with Gasteiger partial charge in [0.05, 0.1) is 5.56 Å². The van der Waals surface area contributed by atoms with Crippen LogP contribution >= 0.6 is 11.6 Å². The van der Waals surface area contributed by atoms with Gasteiger partial charge in [0.15, 0.2) is 0 Å². The number of nitrogens with one attached hydrogen (secondary N) is 1. The van der Waals surface area contributed by atoms with Crippen molar-refractivity contribution in [2.45, 2.75) is 0 Å². The van der Waals surface area contributed by atoms with E-state index in [0.29, 0.717) is 5.02 Å². The van der Waals surface area contributed by atoms with Crippen molar-refractivity contribution < 1.29 is 9.90 Å². The summed E-state index contributed by atoms with van der Waals surface area (Å²) in [6.07, 6.45) is 3.73. The number of aromatic carboxylic acids is 1. The third-order valence-electron chi connectivity index (χ3n) is 1.80. The van der Waals surface area contributed by atoms with Gasteiger partial charge in [0.1, 0.15) is 0 Å². The zero-order valence-electron chi connectivity index (χ0n) is 8.33. The molecule has 0 aliphatic carbocycles. The summed E-state index contributed by atoms with van der Waals surface area (Å²) in [4.78, 5) is 10.7. The SMILES string of the molecule is CNCC=Cc1cc(Cl)cc(C(=O)O)c1. The largest absolute Gasteiger partial charge is 0.478 e. The highest BCUT2D eigenvalue weighted by Crippen LogP contribution is 2.16. The van der Waals surface area contributed by atoms with Gasteiger partial charge in [0, 0.05) is 11.6 Å². The summed E-state index contributed by atoms with van der Waals surface area (Å²) in [7, 11) is 1.84. The second-order valence-corrected chi connectivity index (χ2v) is 3.47. The normalized spacial score (nSPS) is 10.8. The molecule has 0 spiro atoms. The number of likely N-dealkylation sites (N-methyl/N-ethyl adjacent to an activating group) is 1. The van der Waals surface area contributed by atoms with E-state index in [4.69, 9.17) is 16.7 Å². The van der Waals surface area contributed by atoms with Crippen molar-refractivity contribution in [1.29, 1.82) is 0 Å². The van der Waals surface area contributed by atoms with Crippen molar-refractivity contribution in [3.63, 3.8) is 0 Å². The highest BCUT2D eigenvalue weighted by molar-refractivity contribution is 6.31. The maximum absolute atomic E-state index is 10.7. The third kappa shape index (κ3) is 3.73. The van der Waals surface area contributed by atoms with Crippen LogP contribution in [-0.2, 0) is 0 Å². The Morgan fingerprint density at radius 2 is 2.27 bits per heavy atom. The smallest absolute Gasteiger partial charge is 0.335 e. The second-order valence-electron chi connectivity index (χ2n) is 3.04. The Balaban J connectivity index is 2.93. The van der Waals surface area contributed by atoms with Crippen molar-refractivity contribution in [2.75, 3.05) is 13.6 Å². The van der Waals surface area contributed by atoms with Crippen LogP contribution < -0.4 is 5.32 Å². The molecular formula is C11H12ClNO2. The maximum atomic E-state index is 10.7. The third-order valence-corrected chi connectivity index (χ3v) is 2.02. The second kappa shape index (κ2) is 5.53. The standard InChI is InChI=1S/C11H12ClNO2/c1-13-4-2-3-8-5-9(11(14)15)7-10(12)6-8/h2-3,5-7,13H,4H2,1H3,(H,14,15). The number of carboxylic acids is 1. The highest BCUT2D eigenvalue weighted by atomic mass is 35.5. The summed E-state index contributed by atoms with van der Waals surface area (Å²) < 4.78 is 0. The van der Waals surface area contributed by atoms with Gasteiger partial charge in [-0.1, -0.05) is 23.8 Å². The molecule has 1 aromatic carbocycles. The summed E-state index contributed by atoms with van der Waals surface area (Å²) in [5, 5.41) is 12.2. The van der Waals surface area contributed by atoms with Crippen LogP contribution in [0.2, 0.25) is 5.02 Å². The van der Waals surface area contributed by atoms with Gasteiger partial charge in [-0.25, -0.2) is 4.79 Å². The van der Waals surface area contributed by atoms with Crippen LogP contribution in [0.5, 0.6) is 0 Å². The van der Waals surface area contributed by atoms with Gasteiger partial charge < -0.3 is 10.4 Å². The van der Waals surface area contributed by atoms with E-state index in [1.54, 1.807) is 12.1 Å². The molecule has 4 heteroatoms. The molecule has 0 saturated heterocycles. The fraction of sp³-hybridized carbons (Fsp3) is 0.182. The van der Waals surface area contributed by atoms with Crippen LogP contribution in [-0.4, -0.2) is 24.7 Å². The molecule has 15 heavy (non-hydrogen) atoms. The fourth-order valence-corrected chi connectivity index (χ4v) is 1.39.